The van der Waals surface area contributed by atoms with Crippen molar-refractivity contribution in [2.45, 2.75) is 57.9 Å². The van der Waals surface area contributed by atoms with Crippen molar-refractivity contribution in [3.05, 3.63) is 40.3 Å². The summed E-state index contributed by atoms with van der Waals surface area (Å²) in [5, 5.41) is 7.89. The molecule has 0 bridgehead atoms. The summed E-state index contributed by atoms with van der Waals surface area (Å²) in [6, 6.07) is 6.44. The standard InChI is InChI=1S/C18H25N5O2/c19-17(24)15-9-11-16(12-10-15)23-18(25)22(20-21-23)13-5-4-8-14-6-2-1-3-7-14/h9-12,14H,1-8,13H2,(H2,19,24). The lowest BCUT2D eigenvalue weighted by Crippen LogP contribution is -2.24. The molecule has 1 heterocycles. The van der Waals surface area contributed by atoms with E-state index in [0.29, 0.717) is 17.8 Å². The van der Waals surface area contributed by atoms with Crippen LogP contribution in [0.3, 0.4) is 0 Å². The molecule has 0 atom stereocenters. The van der Waals surface area contributed by atoms with Crippen molar-refractivity contribution in [1.82, 2.24) is 19.8 Å². The number of rotatable bonds is 7. The molecule has 1 aromatic heterocycles. The number of aryl methyl sites for hydroxylation is 1. The van der Waals surface area contributed by atoms with E-state index in [1.165, 1.54) is 47.9 Å². The molecule has 1 amide bonds. The van der Waals surface area contributed by atoms with E-state index in [4.69, 9.17) is 5.73 Å². The highest BCUT2D eigenvalue weighted by Gasteiger charge is 2.13. The van der Waals surface area contributed by atoms with Gasteiger partial charge in [-0.2, -0.15) is 9.36 Å². The maximum atomic E-state index is 12.4. The van der Waals surface area contributed by atoms with Gasteiger partial charge in [-0.3, -0.25) is 4.79 Å². The number of hydrogen-bond donors (Lipinski definition) is 1. The molecule has 1 aliphatic rings. The average Bonchev–Trinajstić information content (AvgIpc) is 3.00. The third kappa shape index (κ3) is 4.35. The van der Waals surface area contributed by atoms with E-state index in [-0.39, 0.29) is 5.69 Å². The second-order valence-electron chi connectivity index (χ2n) is 6.81. The SMILES string of the molecule is NC(=O)c1ccc(-n2nnn(CCCCC3CCCCC3)c2=O)cc1. The fourth-order valence-corrected chi connectivity index (χ4v) is 3.51. The van der Waals surface area contributed by atoms with Crippen LogP contribution in [0.5, 0.6) is 0 Å². The summed E-state index contributed by atoms with van der Waals surface area (Å²) in [7, 11) is 0. The number of benzene rings is 1. The molecule has 1 aliphatic carbocycles. The molecule has 1 fully saturated rings. The van der Waals surface area contributed by atoms with E-state index < -0.39 is 5.91 Å². The van der Waals surface area contributed by atoms with Crippen LogP contribution < -0.4 is 11.4 Å². The van der Waals surface area contributed by atoms with E-state index >= 15 is 0 Å². The van der Waals surface area contributed by atoms with E-state index in [0.717, 1.165) is 18.8 Å². The molecule has 0 spiro atoms. The summed E-state index contributed by atoms with van der Waals surface area (Å²) in [4.78, 5) is 23.5. The quantitative estimate of drug-likeness (QED) is 0.780. The van der Waals surface area contributed by atoms with Crippen LogP contribution in [0.2, 0.25) is 0 Å². The predicted molar refractivity (Wildman–Crippen MR) is 94.6 cm³/mol. The normalized spacial score (nSPS) is 15.4. The summed E-state index contributed by atoms with van der Waals surface area (Å²) in [5.74, 6) is 0.366. The molecule has 0 aliphatic heterocycles. The number of hydrogen-bond acceptors (Lipinski definition) is 4. The average molecular weight is 343 g/mol. The van der Waals surface area contributed by atoms with Crippen LogP contribution in [0, 0.1) is 5.92 Å². The third-order valence-corrected chi connectivity index (χ3v) is 4.99. The van der Waals surface area contributed by atoms with Crippen LogP contribution in [0.1, 0.15) is 61.7 Å². The summed E-state index contributed by atoms with van der Waals surface area (Å²) in [6.45, 7) is 0.588. The Bertz CT molecular complexity index is 757. The smallest absolute Gasteiger partial charge is 0.366 e. The molecule has 0 saturated heterocycles. The van der Waals surface area contributed by atoms with Gasteiger partial charge in [-0.25, -0.2) is 4.79 Å². The Morgan fingerprint density at radius 3 is 2.48 bits per heavy atom. The molecule has 0 unspecified atom stereocenters. The van der Waals surface area contributed by atoms with Gasteiger partial charge in [-0.1, -0.05) is 44.9 Å². The first-order valence-electron chi connectivity index (χ1n) is 9.08. The van der Waals surface area contributed by atoms with Gasteiger partial charge in [0.15, 0.2) is 0 Å². The lowest BCUT2D eigenvalue weighted by atomic mass is 9.86. The lowest BCUT2D eigenvalue weighted by Gasteiger charge is -2.21. The van der Waals surface area contributed by atoms with Crippen molar-refractivity contribution in [2.24, 2.45) is 11.7 Å². The number of primary amides is 1. The zero-order valence-corrected chi connectivity index (χ0v) is 14.4. The van der Waals surface area contributed by atoms with Crippen molar-refractivity contribution in [3.8, 4) is 5.69 Å². The van der Waals surface area contributed by atoms with E-state index in [9.17, 15) is 9.59 Å². The highest BCUT2D eigenvalue weighted by molar-refractivity contribution is 5.92. The van der Waals surface area contributed by atoms with E-state index in [2.05, 4.69) is 10.4 Å². The van der Waals surface area contributed by atoms with Crippen molar-refractivity contribution in [1.29, 1.82) is 0 Å². The zero-order valence-electron chi connectivity index (χ0n) is 14.4. The lowest BCUT2D eigenvalue weighted by molar-refractivity contribution is 0.100. The molecule has 1 aromatic carbocycles. The maximum Gasteiger partial charge on any atom is 0.368 e. The van der Waals surface area contributed by atoms with Crippen LogP contribution in [0.15, 0.2) is 29.1 Å². The fraction of sp³-hybridized carbons (Fsp3) is 0.556. The summed E-state index contributed by atoms with van der Waals surface area (Å²) in [5.41, 5.74) is 5.93. The first-order valence-corrected chi connectivity index (χ1v) is 9.08. The van der Waals surface area contributed by atoms with Gasteiger partial charge >= 0.3 is 5.69 Å². The van der Waals surface area contributed by atoms with E-state index in [1.54, 1.807) is 24.3 Å². The Labute approximate surface area is 146 Å². The van der Waals surface area contributed by atoms with Crippen LogP contribution in [-0.2, 0) is 6.54 Å². The van der Waals surface area contributed by atoms with Gasteiger partial charge in [-0.15, -0.1) is 0 Å². The molecule has 1 saturated carbocycles. The molecule has 7 heteroatoms. The molecule has 3 rings (SSSR count). The van der Waals surface area contributed by atoms with Gasteiger partial charge in [0.25, 0.3) is 0 Å². The minimum Gasteiger partial charge on any atom is -0.366 e. The number of nitrogens with zero attached hydrogens (tertiary/aromatic N) is 4. The highest BCUT2D eigenvalue weighted by Crippen LogP contribution is 2.27. The summed E-state index contributed by atoms with van der Waals surface area (Å²) in [6.07, 6.45) is 10.1. The number of nitrogens with two attached hydrogens (primary N) is 1. The number of aromatic nitrogens is 4. The van der Waals surface area contributed by atoms with Crippen molar-refractivity contribution in [3.63, 3.8) is 0 Å². The zero-order chi connectivity index (χ0) is 17.6. The fourth-order valence-electron chi connectivity index (χ4n) is 3.51. The Hall–Kier alpha value is -2.44. The van der Waals surface area contributed by atoms with Crippen LogP contribution in [0.4, 0.5) is 0 Å². The second kappa shape index (κ2) is 8.09. The first-order chi connectivity index (χ1) is 12.1. The summed E-state index contributed by atoms with van der Waals surface area (Å²) >= 11 is 0. The van der Waals surface area contributed by atoms with Crippen molar-refractivity contribution >= 4 is 5.91 Å². The van der Waals surface area contributed by atoms with Crippen LogP contribution >= 0.6 is 0 Å². The third-order valence-electron chi connectivity index (χ3n) is 4.99. The van der Waals surface area contributed by atoms with Gasteiger partial charge in [0.1, 0.15) is 0 Å². The van der Waals surface area contributed by atoms with E-state index in [1.807, 2.05) is 0 Å². The number of unbranched alkanes of at least 4 members (excludes halogenated alkanes) is 1. The molecule has 2 N–H and O–H groups in total. The Morgan fingerprint density at radius 1 is 1.08 bits per heavy atom. The number of carbonyl (C=O) groups excluding carboxylic acids is 1. The van der Waals surface area contributed by atoms with Crippen molar-refractivity contribution in [2.75, 3.05) is 0 Å². The Morgan fingerprint density at radius 2 is 1.80 bits per heavy atom. The predicted octanol–water partition coefficient (Wildman–Crippen LogP) is 2.28. The van der Waals surface area contributed by atoms with Crippen molar-refractivity contribution < 1.29 is 4.79 Å². The molecule has 0 radical (unpaired) electrons. The van der Waals surface area contributed by atoms with Gasteiger partial charge in [0.05, 0.1) is 5.69 Å². The second-order valence-corrected chi connectivity index (χ2v) is 6.81. The number of amides is 1. The van der Waals surface area contributed by atoms with Gasteiger partial charge < -0.3 is 5.73 Å². The molecule has 2 aromatic rings. The van der Waals surface area contributed by atoms with Gasteiger partial charge in [0.2, 0.25) is 5.91 Å². The minimum absolute atomic E-state index is 0.260. The highest BCUT2D eigenvalue weighted by atomic mass is 16.2. The Kier molecular flexibility index (Phi) is 5.63. The minimum atomic E-state index is -0.500. The molecule has 134 valence electrons. The first kappa shape index (κ1) is 17.4. The number of tetrazole rings is 1. The van der Waals surface area contributed by atoms with Crippen LogP contribution in [0.25, 0.3) is 5.69 Å². The number of carbonyl (C=O) groups is 1. The molecule has 25 heavy (non-hydrogen) atoms. The largest absolute Gasteiger partial charge is 0.368 e. The summed E-state index contributed by atoms with van der Waals surface area (Å²) < 4.78 is 2.65. The van der Waals surface area contributed by atoms with Gasteiger partial charge in [0, 0.05) is 12.1 Å². The molecular weight excluding hydrogens is 318 g/mol. The van der Waals surface area contributed by atoms with Crippen LogP contribution in [-0.4, -0.2) is 25.7 Å². The molecular formula is C18H25N5O2. The topological polar surface area (TPSA) is 95.8 Å². The van der Waals surface area contributed by atoms with Gasteiger partial charge in [-0.05, 0) is 47.0 Å². The monoisotopic (exact) mass is 343 g/mol. The maximum absolute atomic E-state index is 12.4. The Balaban J connectivity index is 1.55. The molecule has 7 nitrogen and oxygen atoms in total.